The van der Waals surface area contributed by atoms with Gasteiger partial charge in [0, 0.05) is 18.6 Å². The first-order chi connectivity index (χ1) is 12.0. The zero-order valence-electron chi connectivity index (χ0n) is 15.7. The van der Waals surface area contributed by atoms with E-state index >= 15 is 0 Å². The van der Waals surface area contributed by atoms with Crippen molar-refractivity contribution in [3.63, 3.8) is 0 Å². The summed E-state index contributed by atoms with van der Waals surface area (Å²) < 4.78 is 0. The Morgan fingerprint density at radius 3 is 2.28 bits per heavy atom. The second kappa shape index (κ2) is 6.46. The molecule has 2 bridgehead atoms. The SMILES string of the molecule is CC(C)(C)c1ccc(C2=CC3CCC(C2)N3Cc2ccccc2)cc1. The number of benzene rings is 2. The van der Waals surface area contributed by atoms with Gasteiger partial charge in [-0.2, -0.15) is 0 Å². The quantitative estimate of drug-likeness (QED) is 0.686. The Kier molecular flexibility index (Phi) is 4.29. The van der Waals surface area contributed by atoms with Crippen LogP contribution in [0.5, 0.6) is 0 Å². The van der Waals surface area contributed by atoms with Crippen LogP contribution in [0.2, 0.25) is 0 Å². The van der Waals surface area contributed by atoms with Crippen LogP contribution >= 0.6 is 0 Å². The molecule has 1 heteroatoms. The lowest BCUT2D eigenvalue weighted by atomic mass is 9.85. The first-order valence-electron chi connectivity index (χ1n) is 9.62. The van der Waals surface area contributed by atoms with Crippen LogP contribution in [0.1, 0.15) is 56.7 Å². The van der Waals surface area contributed by atoms with Crippen LogP contribution in [-0.2, 0) is 12.0 Å². The van der Waals surface area contributed by atoms with Gasteiger partial charge in [-0.3, -0.25) is 4.90 Å². The lowest BCUT2D eigenvalue weighted by Gasteiger charge is -2.34. The Morgan fingerprint density at radius 2 is 1.64 bits per heavy atom. The number of hydrogen-bond donors (Lipinski definition) is 0. The van der Waals surface area contributed by atoms with Crippen LogP contribution in [0.4, 0.5) is 0 Å². The second-order valence-electron chi connectivity index (χ2n) is 8.68. The monoisotopic (exact) mass is 331 g/mol. The predicted octanol–water partition coefficient (Wildman–Crippen LogP) is 5.80. The van der Waals surface area contributed by atoms with Gasteiger partial charge in [0.2, 0.25) is 0 Å². The lowest BCUT2D eigenvalue weighted by molar-refractivity contribution is 0.203. The third-order valence-corrected chi connectivity index (χ3v) is 5.87. The largest absolute Gasteiger partial charge is 0.289 e. The average Bonchev–Trinajstić information content (AvgIpc) is 2.83. The molecule has 4 rings (SSSR count). The molecule has 0 aliphatic carbocycles. The summed E-state index contributed by atoms with van der Waals surface area (Å²) >= 11 is 0. The molecule has 2 heterocycles. The summed E-state index contributed by atoms with van der Waals surface area (Å²) in [5.41, 5.74) is 6.05. The minimum Gasteiger partial charge on any atom is -0.289 e. The highest BCUT2D eigenvalue weighted by molar-refractivity contribution is 5.68. The smallest absolute Gasteiger partial charge is 0.0291 e. The van der Waals surface area contributed by atoms with Crippen LogP contribution in [-0.4, -0.2) is 17.0 Å². The maximum absolute atomic E-state index is 2.71. The van der Waals surface area contributed by atoms with Gasteiger partial charge in [-0.05, 0) is 46.9 Å². The molecule has 0 amide bonds. The maximum atomic E-state index is 2.71. The van der Waals surface area contributed by atoms with E-state index < -0.39 is 0 Å². The van der Waals surface area contributed by atoms with Crippen molar-refractivity contribution in [1.29, 1.82) is 0 Å². The predicted molar refractivity (Wildman–Crippen MR) is 107 cm³/mol. The molecule has 2 atom stereocenters. The van der Waals surface area contributed by atoms with Gasteiger partial charge in [-0.1, -0.05) is 81.4 Å². The number of nitrogens with zero attached hydrogens (tertiary/aromatic N) is 1. The third kappa shape index (κ3) is 3.43. The standard InChI is InChI=1S/C24H29N/c1-24(2,3)21-11-9-19(10-12-21)20-15-22-13-14-23(16-20)25(22)17-18-7-5-4-6-8-18/h4-12,15,22-23H,13-14,16-17H2,1-3H3. The Morgan fingerprint density at radius 1 is 0.920 bits per heavy atom. The normalized spacial score (nSPS) is 23.6. The Balaban J connectivity index is 1.53. The van der Waals surface area contributed by atoms with Gasteiger partial charge in [0.1, 0.15) is 0 Å². The molecule has 2 aliphatic heterocycles. The molecule has 1 saturated heterocycles. The Bertz CT molecular complexity index is 749. The second-order valence-corrected chi connectivity index (χ2v) is 8.68. The van der Waals surface area contributed by atoms with E-state index in [0.717, 1.165) is 6.54 Å². The molecule has 2 aromatic carbocycles. The first kappa shape index (κ1) is 16.6. The molecule has 2 aromatic rings. The van der Waals surface area contributed by atoms with Crippen molar-refractivity contribution in [3.8, 4) is 0 Å². The molecule has 1 nitrogen and oxygen atoms in total. The van der Waals surface area contributed by atoms with Crippen molar-refractivity contribution in [3.05, 3.63) is 77.4 Å². The summed E-state index contributed by atoms with van der Waals surface area (Å²) in [4.78, 5) is 2.71. The summed E-state index contributed by atoms with van der Waals surface area (Å²) in [6, 6.07) is 21.5. The van der Waals surface area contributed by atoms with Crippen molar-refractivity contribution in [2.75, 3.05) is 0 Å². The zero-order chi connectivity index (χ0) is 17.4. The van der Waals surface area contributed by atoms with Crippen molar-refractivity contribution in [1.82, 2.24) is 4.90 Å². The Labute approximate surface area is 152 Å². The van der Waals surface area contributed by atoms with Crippen LogP contribution in [0.3, 0.4) is 0 Å². The minimum atomic E-state index is 0.227. The van der Waals surface area contributed by atoms with Gasteiger partial charge >= 0.3 is 0 Å². The topological polar surface area (TPSA) is 3.24 Å². The summed E-state index contributed by atoms with van der Waals surface area (Å²) in [7, 11) is 0. The van der Waals surface area contributed by atoms with E-state index in [-0.39, 0.29) is 5.41 Å². The summed E-state index contributed by atoms with van der Waals surface area (Å²) in [6.45, 7) is 7.93. The molecular weight excluding hydrogens is 302 g/mol. The molecule has 130 valence electrons. The number of rotatable bonds is 3. The van der Waals surface area contributed by atoms with Gasteiger partial charge in [0.05, 0.1) is 0 Å². The van der Waals surface area contributed by atoms with Crippen LogP contribution < -0.4 is 0 Å². The summed E-state index contributed by atoms with van der Waals surface area (Å²) in [5.74, 6) is 0. The van der Waals surface area contributed by atoms with Gasteiger partial charge < -0.3 is 0 Å². The van der Waals surface area contributed by atoms with Crippen LogP contribution in [0.15, 0.2) is 60.7 Å². The van der Waals surface area contributed by atoms with Gasteiger partial charge in [0.15, 0.2) is 0 Å². The maximum Gasteiger partial charge on any atom is 0.0291 e. The lowest BCUT2D eigenvalue weighted by Crippen LogP contribution is -2.37. The van der Waals surface area contributed by atoms with Gasteiger partial charge in [-0.15, -0.1) is 0 Å². The van der Waals surface area contributed by atoms with E-state index in [9.17, 15) is 0 Å². The van der Waals surface area contributed by atoms with Crippen LogP contribution in [0.25, 0.3) is 5.57 Å². The highest BCUT2D eigenvalue weighted by atomic mass is 15.2. The minimum absolute atomic E-state index is 0.227. The van der Waals surface area contributed by atoms with Crippen LogP contribution in [0, 0.1) is 0 Å². The molecule has 25 heavy (non-hydrogen) atoms. The fraction of sp³-hybridized carbons (Fsp3) is 0.417. The van der Waals surface area contributed by atoms with E-state index in [0.29, 0.717) is 12.1 Å². The van der Waals surface area contributed by atoms with E-state index in [1.54, 1.807) is 5.57 Å². The molecule has 1 fully saturated rings. The number of fused-ring (bicyclic) bond motifs is 2. The molecular formula is C24H29N. The van der Waals surface area contributed by atoms with Crippen molar-refractivity contribution in [2.24, 2.45) is 0 Å². The molecule has 2 aliphatic rings. The highest BCUT2D eigenvalue weighted by Crippen LogP contribution is 2.39. The fourth-order valence-electron chi connectivity index (χ4n) is 4.36. The van der Waals surface area contributed by atoms with E-state index in [1.165, 1.54) is 36.0 Å². The molecule has 0 N–H and O–H groups in total. The molecule has 0 aromatic heterocycles. The van der Waals surface area contributed by atoms with Crippen molar-refractivity contribution >= 4 is 5.57 Å². The molecule has 2 unspecified atom stereocenters. The Hall–Kier alpha value is -1.86. The van der Waals surface area contributed by atoms with Gasteiger partial charge in [-0.25, -0.2) is 0 Å². The van der Waals surface area contributed by atoms with E-state index in [1.807, 2.05) is 0 Å². The van der Waals surface area contributed by atoms with E-state index in [2.05, 4.69) is 86.3 Å². The summed E-state index contributed by atoms with van der Waals surface area (Å²) in [6.07, 6.45) is 6.37. The summed E-state index contributed by atoms with van der Waals surface area (Å²) in [5, 5.41) is 0. The third-order valence-electron chi connectivity index (χ3n) is 5.87. The zero-order valence-corrected chi connectivity index (χ0v) is 15.7. The van der Waals surface area contributed by atoms with Gasteiger partial charge in [0.25, 0.3) is 0 Å². The average molecular weight is 332 g/mol. The molecule has 0 spiro atoms. The van der Waals surface area contributed by atoms with E-state index in [4.69, 9.17) is 0 Å². The van der Waals surface area contributed by atoms with Crippen molar-refractivity contribution < 1.29 is 0 Å². The molecule has 0 saturated carbocycles. The number of hydrogen-bond acceptors (Lipinski definition) is 1. The first-order valence-corrected chi connectivity index (χ1v) is 9.62. The van der Waals surface area contributed by atoms with Crippen molar-refractivity contribution in [2.45, 2.75) is 64.1 Å². The fourth-order valence-corrected chi connectivity index (χ4v) is 4.36. The highest BCUT2D eigenvalue weighted by Gasteiger charge is 2.36. The molecule has 0 radical (unpaired) electrons.